The van der Waals surface area contributed by atoms with Crippen LogP contribution in [0.25, 0.3) is 0 Å². The SMILES string of the molecule is CCCCOC(=O)c1ccc(OCC(=O)Nc2cc(C(=O)OC)ccc2C)cc1. The Bertz CT molecular complexity index is 860. The fourth-order valence-corrected chi connectivity index (χ4v) is 2.42. The Morgan fingerprint density at radius 3 is 2.31 bits per heavy atom. The van der Waals surface area contributed by atoms with E-state index in [0.717, 1.165) is 18.4 Å². The lowest BCUT2D eigenvalue weighted by atomic mass is 10.1. The van der Waals surface area contributed by atoms with E-state index in [1.807, 2.05) is 13.8 Å². The van der Waals surface area contributed by atoms with E-state index in [-0.39, 0.29) is 18.5 Å². The molecule has 0 heterocycles. The largest absolute Gasteiger partial charge is 0.484 e. The highest BCUT2D eigenvalue weighted by molar-refractivity contribution is 5.96. The molecule has 7 heteroatoms. The summed E-state index contributed by atoms with van der Waals surface area (Å²) in [6.07, 6.45) is 1.78. The average molecular weight is 399 g/mol. The van der Waals surface area contributed by atoms with Gasteiger partial charge in [0.05, 0.1) is 24.8 Å². The second kappa shape index (κ2) is 10.8. The molecule has 0 fully saturated rings. The number of ether oxygens (including phenoxy) is 3. The lowest BCUT2D eigenvalue weighted by molar-refractivity contribution is -0.118. The fourth-order valence-electron chi connectivity index (χ4n) is 2.42. The van der Waals surface area contributed by atoms with Gasteiger partial charge in [0.15, 0.2) is 6.61 Å². The Hall–Kier alpha value is -3.35. The zero-order valence-electron chi connectivity index (χ0n) is 16.8. The van der Waals surface area contributed by atoms with Crippen molar-refractivity contribution in [3.63, 3.8) is 0 Å². The van der Waals surface area contributed by atoms with Crippen LogP contribution < -0.4 is 10.1 Å². The van der Waals surface area contributed by atoms with Crippen LogP contribution in [-0.2, 0) is 14.3 Å². The molecule has 0 radical (unpaired) electrons. The first-order valence-corrected chi connectivity index (χ1v) is 9.33. The van der Waals surface area contributed by atoms with Gasteiger partial charge in [-0.05, 0) is 55.3 Å². The zero-order chi connectivity index (χ0) is 21.2. The first kappa shape index (κ1) is 21.9. The molecule has 0 atom stereocenters. The molecule has 0 unspecified atom stereocenters. The minimum atomic E-state index is -0.481. The summed E-state index contributed by atoms with van der Waals surface area (Å²) in [7, 11) is 1.30. The maximum atomic E-state index is 12.2. The van der Waals surface area contributed by atoms with Crippen LogP contribution >= 0.6 is 0 Å². The summed E-state index contributed by atoms with van der Waals surface area (Å²) >= 11 is 0. The monoisotopic (exact) mass is 399 g/mol. The number of unbranched alkanes of at least 4 members (excludes halogenated alkanes) is 1. The van der Waals surface area contributed by atoms with Crippen LogP contribution in [0.4, 0.5) is 5.69 Å². The maximum Gasteiger partial charge on any atom is 0.338 e. The molecule has 2 rings (SSSR count). The summed E-state index contributed by atoms with van der Waals surface area (Å²) in [5, 5.41) is 2.71. The highest BCUT2D eigenvalue weighted by Crippen LogP contribution is 2.18. The molecule has 2 aromatic rings. The van der Waals surface area contributed by atoms with Crippen molar-refractivity contribution in [2.75, 3.05) is 25.6 Å². The molecule has 0 bridgehead atoms. The normalized spacial score (nSPS) is 10.2. The summed E-state index contributed by atoms with van der Waals surface area (Å²) in [4.78, 5) is 35.7. The third kappa shape index (κ3) is 6.64. The molecule has 0 spiro atoms. The van der Waals surface area contributed by atoms with Crippen LogP contribution in [0, 0.1) is 6.92 Å². The van der Waals surface area contributed by atoms with Crippen LogP contribution in [0.15, 0.2) is 42.5 Å². The molecule has 0 aliphatic heterocycles. The smallest absolute Gasteiger partial charge is 0.338 e. The van der Waals surface area contributed by atoms with E-state index in [0.29, 0.717) is 29.2 Å². The number of esters is 2. The molecular weight excluding hydrogens is 374 g/mol. The van der Waals surface area contributed by atoms with Crippen molar-refractivity contribution in [3.8, 4) is 5.75 Å². The van der Waals surface area contributed by atoms with Gasteiger partial charge < -0.3 is 19.5 Å². The van der Waals surface area contributed by atoms with E-state index in [1.54, 1.807) is 42.5 Å². The van der Waals surface area contributed by atoms with Crippen molar-refractivity contribution in [3.05, 3.63) is 59.2 Å². The van der Waals surface area contributed by atoms with Crippen LogP contribution in [0.5, 0.6) is 5.75 Å². The van der Waals surface area contributed by atoms with Crippen molar-refractivity contribution < 1.29 is 28.6 Å². The topological polar surface area (TPSA) is 90.9 Å². The molecule has 0 saturated carbocycles. The average Bonchev–Trinajstić information content (AvgIpc) is 2.73. The predicted octanol–water partition coefficient (Wildman–Crippen LogP) is 3.76. The first-order valence-electron chi connectivity index (χ1n) is 9.33. The molecule has 154 valence electrons. The number of carbonyl (C=O) groups is 3. The van der Waals surface area contributed by atoms with Gasteiger partial charge in [-0.2, -0.15) is 0 Å². The van der Waals surface area contributed by atoms with E-state index in [4.69, 9.17) is 9.47 Å². The quantitative estimate of drug-likeness (QED) is 0.510. The van der Waals surface area contributed by atoms with E-state index in [2.05, 4.69) is 10.1 Å². The lowest BCUT2D eigenvalue weighted by Crippen LogP contribution is -2.21. The van der Waals surface area contributed by atoms with E-state index in [1.165, 1.54) is 7.11 Å². The first-order chi connectivity index (χ1) is 13.9. The third-order valence-electron chi connectivity index (χ3n) is 4.12. The zero-order valence-corrected chi connectivity index (χ0v) is 16.8. The van der Waals surface area contributed by atoms with E-state index in [9.17, 15) is 14.4 Å². The van der Waals surface area contributed by atoms with Gasteiger partial charge in [-0.15, -0.1) is 0 Å². The molecule has 0 aliphatic rings. The highest BCUT2D eigenvalue weighted by Gasteiger charge is 2.11. The Morgan fingerprint density at radius 1 is 0.966 bits per heavy atom. The molecule has 1 amide bonds. The molecule has 0 saturated heterocycles. The minimum absolute atomic E-state index is 0.220. The molecule has 1 N–H and O–H groups in total. The molecule has 0 aromatic heterocycles. The van der Waals surface area contributed by atoms with Gasteiger partial charge in [0.2, 0.25) is 0 Å². The van der Waals surface area contributed by atoms with Gasteiger partial charge in [0.25, 0.3) is 5.91 Å². The molecule has 0 aliphatic carbocycles. The number of hydrogen-bond acceptors (Lipinski definition) is 6. The number of rotatable bonds is 9. The van der Waals surface area contributed by atoms with Gasteiger partial charge in [-0.1, -0.05) is 19.4 Å². The van der Waals surface area contributed by atoms with Crippen LogP contribution in [-0.4, -0.2) is 38.2 Å². The number of methoxy groups -OCH3 is 1. The molecule has 29 heavy (non-hydrogen) atoms. The number of anilines is 1. The second-order valence-electron chi connectivity index (χ2n) is 6.37. The number of carbonyl (C=O) groups excluding carboxylic acids is 3. The maximum absolute atomic E-state index is 12.2. The standard InChI is InChI=1S/C22H25NO6/c1-4-5-12-28-22(26)16-8-10-18(11-9-16)29-14-20(24)23-19-13-17(21(25)27-3)7-6-15(19)2/h6-11,13H,4-5,12,14H2,1-3H3,(H,23,24). The van der Waals surface area contributed by atoms with Gasteiger partial charge in [-0.3, -0.25) is 4.79 Å². The van der Waals surface area contributed by atoms with Gasteiger partial charge in [-0.25, -0.2) is 9.59 Å². The van der Waals surface area contributed by atoms with Crippen molar-refractivity contribution >= 4 is 23.5 Å². The number of nitrogens with one attached hydrogen (secondary N) is 1. The van der Waals surface area contributed by atoms with Crippen LogP contribution in [0.3, 0.4) is 0 Å². The summed E-state index contributed by atoms with van der Waals surface area (Å²) in [5.41, 5.74) is 2.08. The van der Waals surface area contributed by atoms with Gasteiger partial charge >= 0.3 is 11.9 Å². The Balaban J connectivity index is 1.89. The molecule has 7 nitrogen and oxygen atoms in total. The number of benzene rings is 2. The van der Waals surface area contributed by atoms with Crippen LogP contribution in [0.2, 0.25) is 0 Å². The van der Waals surface area contributed by atoms with Crippen molar-refractivity contribution in [2.45, 2.75) is 26.7 Å². The molecule has 2 aromatic carbocycles. The molecular formula is C22H25NO6. The number of aryl methyl sites for hydroxylation is 1. The Labute approximate surface area is 170 Å². The van der Waals surface area contributed by atoms with E-state index < -0.39 is 5.97 Å². The summed E-state index contributed by atoms with van der Waals surface area (Å²) in [5.74, 6) is -0.794. The number of amides is 1. The highest BCUT2D eigenvalue weighted by atomic mass is 16.5. The van der Waals surface area contributed by atoms with E-state index >= 15 is 0 Å². The summed E-state index contributed by atoms with van der Waals surface area (Å²) in [6, 6.07) is 11.3. The van der Waals surface area contributed by atoms with Crippen molar-refractivity contribution in [1.29, 1.82) is 0 Å². The van der Waals surface area contributed by atoms with Gasteiger partial charge in [0.1, 0.15) is 5.75 Å². The van der Waals surface area contributed by atoms with Crippen molar-refractivity contribution in [1.82, 2.24) is 0 Å². The minimum Gasteiger partial charge on any atom is -0.484 e. The van der Waals surface area contributed by atoms with Gasteiger partial charge in [0, 0.05) is 5.69 Å². The summed E-state index contributed by atoms with van der Waals surface area (Å²) in [6.45, 7) is 4.01. The third-order valence-corrected chi connectivity index (χ3v) is 4.12. The number of hydrogen-bond donors (Lipinski definition) is 1. The Kier molecular flexibility index (Phi) is 8.21. The second-order valence-corrected chi connectivity index (χ2v) is 6.37. The Morgan fingerprint density at radius 2 is 1.66 bits per heavy atom. The van der Waals surface area contributed by atoms with Crippen LogP contribution in [0.1, 0.15) is 46.0 Å². The fraction of sp³-hybridized carbons (Fsp3) is 0.318. The summed E-state index contributed by atoms with van der Waals surface area (Å²) < 4.78 is 15.3. The lowest BCUT2D eigenvalue weighted by Gasteiger charge is -2.11. The predicted molar refractivity (Wildman–Crippen MR) is 108 cm³/mol. The van der Waals surface area contributed by atoms with Crippen molar-refractivity contribution in [2.24, 2.45) is 0 Å².